The lowest BCUT2D eigenvalue weighted by molar-refractivity contribution is -0.171. The normalized spacial score (nSPS) is 18.3. The quantitative estimate of drug-likeness (QED) is 0.468. The summed E-state index contributed by atoms with van der Waals surface area (Å²) in [6.07, 6.45) is -2.17. The molecule has 1 heterocycles. The van der Waals surface area contributed by atoms with Gasteiger partial charge in [-0.15, -0.1) is 0 Å². The molecule has 35 heavy (non-hydrogen) atoms. The van der Waals surface area contributed by atoms with Crippen LogP contribution in [0.3, 0.4) is 0 Å². The number of carbonyl (C=O) groups excluding carboxylic acids is 3. The summed E-state index contributed by atoms with van der Waals surface area (Å²) in [4.78, 5) is 39.0. The third-order valence-electron chi connectivity index (χ3n) is 6.34. The Labute approximate surface area is 201 Å². The third-order valence-corrected chi connectivity index (χ3v) is 8.09. The van der Waals surface area contributed by atoms with Gasteiger partial charge in [-0.1, -0.05) is 6.07 Å². The molecule has 186 valence electrons. The number of nitrogens with zero attached hydrogens (tertiary/aromatic N) is 1. The van der Waals surface area contributed by atoms with Crippen LogP contribution in [-0.2, 0) is 41.9 Å². The number of ether oxygens (including phenoxy) is 2. The van der Waals surface area contributed by atoms with Crippen molar-refractivity contribution in [3.8, 4) is 0 Å². The number of aliphatic hydroxyl groups is 1. The van der Waals surface area contributed by atoms with Crippen LogP contribution in [0.2, 0.25) is 0 Å². The number of fused-ring (bicyclic) bond motifs is 3. The summed E-state index contributed by atoms with van der Waals surface area (Å²) in [7, 11) is -4.55. The van der Waals surface area contributed by atoms with Crippen LogP contribution in [0.25, 0.3) is 0 Å². The molecular formula is C24H24FNO8S. The molecule has 1 unspecified atom stereocenters. The summed E-state index contributed by atoms with van der Waals surface area (Å²) in [5.41, 5.74) is -0.544. The Morgan fingerprint density at radius 2 is 1.69 bits per heavy atom. The van der Waals surface area contributed by atoms with Crippen LogP contribution in [0, 0.1) is 18.2 Å². The van der Waals surface area contributed by atoms with Crippen molar-refractivity contribution in [2.75, 3.05) is 13.2 Å². The van der Waals surface area contributed by atoms with Gasteiger partial charge in [0.1, 0.15) is 5.82 Å². The zero-order valence-electron chi connectivity index (χ0n) is 19.3. The molecule has 1 N–H and O–H groups in total. The molecule has 0 radical (unpaired) electrons. The van der Waals surface area contributed by atoms with Gasteiger partial charge in [0.05, 0.1) is 23.7 Å². The highest BCUT2D eigenvalue weighted by molar-refractivity contribution is 7.89. The van der Waals surface area contributed by atoms with Crippen LogP contribution < -0.4 is 0 Å². The molecule has 0 aromatic heterocycles. The first kappa shape index (κ1) is 24.8. The molecule has 2 aromatic carbocycles. The Hall–Kier alpha value is -3.31. The molecule has 0 fully saturated rings. The monoisotopic (exact) mass is 505 g/mol. The van der Waals surface area contributed by atoms with Crippen LogP contribution in [-0.4, -0.2) is 48.9 Å². The van der Waals surface area contributed by atoms with E-state index >= 15 is 0 Å². The predicted octanol–water partition coefficient (Wildman–Crippen LogP) is 2.18. The van der Waals surface area contributed by atoms with E-state index in [-0.39, 0.29) is 47.6 Å². The molecule has 1 aliphatic heterocycles. The summed E-state index contributed by atoms with van der Waals surface area (Å²) in [6.45, 7) is 4.83. The van der Waals surface area contributed by atoms with E-state index in [1.165, 1.54) is 0 Å². The number of amides is 1. The SMILES string of the molecule is CCOC(=O)C1(C(=O)OCC)Cc2cc(C)c3c(c2C1)C(=O)N(S(=O)(=O)c1ccc(F)cc1)C3O. The Morgan fingerprint density at radius 1 is 1.11 bits per heavy atom. The van der Waals surface area contributed by atoms with Crippen LogP contribution in [0.1, 0.15) is 52.7 Å². The molecule has 2 aliphatic rings. The van der Waals surface area contributed by atoms with Gasteiger partial charge < -0.3 is 14.6 Å². The van der Waals surface area contributed by atoms with Gasteiger partial charge in [0.15, 0.2) is 11.6 Å². The van der Waals surface area contributed by atoms with Gasteiger partial charge in [0.25, 0.3) is 15.9 Å². The average Bonchev–Trinajstić information content (AvgIpc) is 3.31. The minimum absolute atomic E-state index is 0.0226. The average molecular weight is 506 g/mol. The van der Waals surface area contributed by atoms with Crippen molar-refractivity contribution in [3.63, 3.8) is 0 Å². The third kappa shape index (κ3) is 3.69. The Morgan fingerprint density at radius 3 is 2.23 bits per heavy atom. The Bertz CT molecular complexity index is 1320. The first-order valence-electron chi connectivity index (χ1n) is 11.0. The minimum atomic E-state index is -4.55. The number of hydrogen-bond donors (Lipinski definition) is 1. The fourth-order valence-corrected chi connectivity index (χ4v) is 6.17. The van der Waals surface area contributed by atoms with Crippen LogP contribution in [0.5, 0.6) is 0 Å². The van der Waals surface area contributed by atoms with Gasteiger partial charge in [-0.25, -0.2) is 12.8 Å². The molecule has 2 aromatic rings. The molecule has 4 rings (SSSR count). The molecule has 0 spiro atoms. The number of halogens is 1. The smallest absolute Gasteiger partial charge is 0.324 e. The van der Waals surface area contributed by atoms with Gasteiger partial charge in [0.2, 0.25) is 0 Å². The van der Waals surface area contributed by atoms with E-state index in [2.05, 4.69) is 0 Å². The predicted molar refractivity (Wildman–Crippen MR) is 119 cm³/mol. The molecule has 0 saturated heterocycles. The van der Waals surface area contributed by atoms with Gasteiger partial charge in [-0.05, 0) is 68.1 Å². The van der Waals surface area contributed by atoms with Crippen LogP contribution in [0.15, 0.2) is 35.2 Å². The number of benzene rings is 2. The van der Waals surface area contributed by atoms with Gasteiger partial charge in [-0.2, -0.15) is 4.31 Å². The molecule has 1 amide bonds. The van der Waals surface area contributed by atoms with Crippen LogP contribution in [0.4, 0.5) is 4.39 Å². The second-order valence-electron chi connectivity index (χ2n) is 8.43. The van der Waals surface area contributed by atoms with E-state index in [1.54, 1.807) is 26.8 Å². The number of hydrogen-bond acceptors (Lipinski definition) is 8. The number of aryl methyl sites for hydroxylation is 1. The maximum atomic E-state index is 13.5. The number of aliphatic hydroxyl groups excluding tert-OH is 1. The topological polar surface area (TPSA) is 127 Å². The summed E-state index contributed by atoms with van der Waals surface area (Å²) in [5, 5.41) is 11.0. The molecule has 11 heteroatoms. The molecular weight excluding hydrogens is 481 g/mol. The van der Waals surface area contributed by atoms with E-state index in [1.807, 2.05) is 0 Å². The fourth-order valence-electron chi connectivity index (χ4n) is 4.78. The van der Waals surface area contributed by atoms with Crippen molar-refractivity contribution in [1.29, 1.82) is 0 Å². The summed E-state index contributed by atoms with van der Waals surface area (Å²) in [6, 6.07) is 5.49. The summed E-state index contributed by atoms with van der Waals surface area (Å²) < 4.78 is 50.5. The van der Waals surface area contributed by atoms with Crippen LogP contribution >= 0.6 is 0 Å². The molecule has 1 atom stereocenters. The number of carbonyl (C=O) groups is 3. The first-order valence-corrected chi connectivity index (χ1v) is 12.5. The van der Waals surface area contributed by atoms with Crippen molar-refractivity contribution in [3.05, 3.63) is 64.0 Å². The highest BCUT2D eigenvalue weighted by Gasteiger charge is 2.56. The van der Waals surface area contributed by atoms with Crippen molar-refractivity contribution in [1.82, 2.24) is 4.31 Å². The highest BCUT2D eigenvalue weighted by atomic mass is 32.2. The van der Waals surface area contributed by atoms with Crippen molar-refractivity contribution >= 4 is 27.9 Å². The van der Waals surface area contributed by atoms with Crippen molar-refractivity contribution in [2.45, 2.75) is 44.7 Å². The molecule has 0 saturated carbocycles. The second-order valence-corrected chi connectivity index (χ2v) is 10.2. The van der Waals surface area contributed by atoms with Crippen molar-refractivity contribution in [2.24, 2.45) is 5.41 Å². The maximum absolute atomic E-state index is 13.5. The minimum Gasteiger partial charge on any atom is -0.465 e. The fraction of sp³-hybridized carbons (Fsp3) is 0.375. The van der Waals surface area contributed by atoms with E-state index in [0.717, 1.165) is 24.3 Å². The zero-order chi connectivity index (χ0) is 25.7. The number of rotatable bonds is 6. The molecule has 0 bridgehead atoms. The lowest BCUT2D eigenvalue weighted by atomic mass is 9.84. The van der Waals surface area contributed by atoms with E-state index < -0.39 is 45.3 Å². The number of esters is 2. The van der Waals surface area contributed by atoms with Gasteiger partial charge >= 0.3 is 11.9 Å². The highest BCUT2D eigenvalue weighted by Crippen LogP contribution is 2.47. The summed E-state index contributed by atoms with van der Waals surface area (Å²) in [5.74, 6) is -3.27. The van der Waals surface area contributed by atoms with E-state index in [0.29, 0.717) is 15.4 Å². The maximum Gasteiger partial charge on any atom is 0.324 e. The lowest BCUT2D eigenvalue weighted by Gasteiger charge is -2.24. The molecule has 1 aliphatic carbocycles. The van der Waals surface area contributed by atoms with Gasteiger partial charge in [0, 0.05) is 12.0 Å². The molecule has 9 nitrogen and oxygen atoms in total. The summed E-state index contributed by atoms with van der Waals surface area (Å²) >= 11 is 0. The van der Waals surface area contributed by atoms with Crippen molar-refractivity contribution < 1.29 is 41.8 Å². The largest absolute Gasteiger partial charge is 0.465 e. The Kier molecular flexibility index (Phi) is 6.18. The van der Waals surface area contributed by atoms with E-state index in [4.69, 9.17) is 9.47 Å². The number of sulfonamides is 1. The first-order chi connectivity index (χ1) is 16.5. The Balaban J connectivity index is 1.83. The standard InChI is InChI=1S/C24H24FNO8S/c1-4-33-22(29)24(23(30)34-5-2)11-14-10-13(3)18-19(17(14)12-24)21(28)26(20(18)27)35(31,32)16-8-6-15(25)7-9-16/h6-10,20,27H,4-5,11-12H2,1-3H3. The van der Waals surface area contributed by atoms with Gasteiger partial charge in [-0.3, -0.25) is 14.4 Å². The zero-order valence-corrected chi connectivity index (χ0v) is 20.1. The lowest BCUT2D eigenvalue weighted by Crippen LogP contribution is -2.43. The van der Waals surface area contributed by atoms with E-state index in [9.17, 15) is 32.3 Å². The second kappa shape index (κ2) is 8.72.